The summed E-state index contributed by atoms with van der Waals surface area (Å²) in [6, 6.07) is 7.72. The minimum atomic E-state index is 0.493. The quantitative estimate of drug-likeness (QED) is 0.683. The molecule has 0 unspecified atom stereocenters. The maximum Gasteiger partial charge on any atom is 0.181 e. The topological polar surface area (TPSA) is 89.9 Å². The molecule has 2 heterocycles. The van der Waals surface area contributed by atoms with E-state index in [1.165, 1.54) is 12.0 Å². The molecule has 0 fully saturated rings. The zero-order valence-corrected chi connectivity index (χ0v) is 10.9. The standard InChI is InChI=1S/C14H15N5O/c15-13-4-6-17-14(19-13)8-16-5-3-10-1-2-11-12(7-10)20-9-18-11/h1-2,4,6-7,9,16H,3,5,8H2,(H2,15,17,19). The van der Waals surface area contributed by atoms with Crippen LogP contribution in [0, 0.1) is 0 Å². The molecule has 2 aromatic heterocycles. The van der Waals surface area contributed by atoms with Crippen LogP contribution in [0.2, 0.25) is 0 Å². The predicted molar refractivity (Wildman–Crippen MR) is 75.9 cm³/mol. The molecule has 1 aromatic carbocycles. The molecular formula is C14H15N5O. The number of benzene rings is 1. The molecule has 0 bridgehead atoms. The monoisotopic (exact) mass is 269 g/mol. The van der Waals surface area contributed by atoms with Crippen LogP contribution in [-0.4, -0.2) is 21.5 Å². The second kappa shape index (κ2) is 5.66. The van der Waals surface area contributed by atoms with Crippen LogP contribution >= 0.6 is 0 Å². The Morgan fingerprint density at radius 2 is 2.15 bits per heavy atom. The first-order chi connectivity index (χ1) is 9.81. The van der Waals surface area contributed by atoms with E-state index in [-0.39, 0.29) is 0 Å². The van der Waals surface area contributed by atoms with E-state index in [1.54, 1.807) is 12.3 Å². The third kappa shape index (κ3) is 2.92. The number of aromatic nitrogens is 3. The van der Waals surface area contributed by atoms with Crippen molar-refractivity contribution >= 4 is 16.9 Å². The molecular weight excluding hydrogens is 254 g/mol. The van der Waals surface area contributed by atoms with Crippen molar-refractivity contribution in [3.05, 3.63) is 48.2 Å². The van der Waals surface area contributed by atoms with Gasteiger partial charge in [0, 0.05) is 6.20 Å². The van der Waals surface area contributed by atoms with Crippen LogP contribution < -0.4 is 11.1 Å². The third-order valence-corrected chi connectivity index (χ3v) is 3.00. The Balaban J connectivity index is 1.52. The van der Waals surface area contributed by atoms with Gasteiger partial charge in [-0.1, -0.05) is 6.07 Å². The fourth-order valence-electron chi connectivity index (χ4n) is 1.99. The normalized spacial score (nSPS) is 11.0. The molecule has 6 nitrogen and oxygen atoms in total. The van der Waals surface area contributed by atoms with Crippen molar-refractivity contribution in [3.63, 3.8) is 0 Å². The Morgan fingerprint density at radius 1 is 1.20 bits per heavy atom. The number of oxazole rings is 1. The van der Waals surface area contributed by atoms with Gasteiger partial charge in [-0.25, -0.2) is 15.0 Å². The van der Waals surface area contributed by atoms with Gasteiger partial charge in [0.25, 0.3) is 0 Å². The Morgan fingerprint density at radius 3 is 3.05 bits per heavy atom. The van der Waals surface area contributed by atoms with Gasteiger partial charge in [0.15, 0.2) is 12.0 Å². The second-order valence-corrected chi connectivity index (χ2v) is 4.48. The maximum absolute atomic E-state index is 5.60. The largest absolute Gasteiger partial charge is 0.443 e. The highest BCUT2D eigenvalue weighted by Crippen LogP contribution is 2.14. The van der Waals surface area contributed by atoms with Gasteiger partial charge in [-0.2, -0.15) is 0 Å². The average molecular weight is 269 g/mol. The number of rotatable bonds is 5. The fraction of sp³-hybridized carbons (Fsp3) is 0.214. The smallest absolute Gasteiger partial charge is 0.181 e. The highest BCUT2D eigenvalue weighted by atomic mass is 16.3. The average Bonchev–Trinajstić information content (AvgIpc) is 2.91. The van der Waals surface area contributed by atoms with Gasteiger partial charge in [0.1, 0.15) is 17.2 Å². The Bertz CT molecular complexity index is 709. The first-order valence-electron chi connectivity index (χ1n) is 6.41. The molecule has 3 N–H and O–H groups in total. The summed E-state index contributed by atoms with van der Waals surface area (Å²) in [7, 11) is 0. The highest BCUT2D eigenvalue weighted by molar-refractivity contribution is 5.72. The SMILES string of the molecule is Nc1ccnc(CNCCc2ccc3ncoc3c2)n1. The molecule has 0 radical (unpaired) electrons. The van der Waals surface area contributed by atoms with Gasteiger partial charge in [-0.15, -0.1) is 0 Å². The van der Waals surface area contributed by atoms with E-state index < -0.39 is 0 Å². The van der Waals surface area contributed by atoms with E-state index in [0.717, 1.165) is 24.1 Å². The summed E-state index contributed by atoms with van der Waals surface area (Å²) in [6.45, 7) is 1.44. The van der Waals surface area contributed by atoms with Crippen LogP contribution in [0.1, 0.15) is 11.4 Å². The van der Waals surface area contributed by atoms with E-state index in [2.05, 4.69) is 26.3 Å². The van der Waals surface area contributed by atoms with E-state index in [1.807, 2.05) is 12.1 Å². The first kappa shape index (κ1) is 12.6. The number of nitrogens with one attached hydrogen (secondary N) is 1. The van der Waals surface area contributed by atoms with Crippen molar-refractivity contribution in [1.82, 2.24) is 20.3 Å². The summed E-state index contributed by atoms with van der Waals surface area (Å²) in [5.41, 5.74) is 8.51. The lowest BCUT2D eigenvalue weighted by atomic mass is 10.1. The maximum atomic E-state index is 5.60. The van der Waals surface area contributed by atoms with Crippen molar-refractivity contribution in [1.29, 1.82) is 0 Å². The number of anilines is 1. The van der Waals surface area contributed by atoms with Gasteiger partial charge >= 0.3 is 0 Å². The fourth-order valence-corrected chi connectivity index (χ4v) is 1.99. The minimum absolute atomic E-state index is 0.493. The molecule has 0 atom stereocenters. The lowest BCUT2D eigenvalue weighted by molar-refractivity contribution is 0.601. The number of nitrogens with zero attached hydrogens (tertiary/aromatic N) is 3. The summed E-state index contributed by atoms with van der Waals surface area (Å²) < 4.78 is 5.28. The number of nitrogens with two attached hydrogens (primary N) is 1. The zero-order valence-electron chi connectivity index (χ0n) is 10.9. The van der Waals surface area contributed by atoms with Crippen LogP contribution in [-0.2, 0) is 13.0 Å². The van der Waals surface area contributed by atoms with E-state index in [4.69, 9.17) is 10.2 Å². The molecule has 0 amide bonds. The van der Waals surface area contributed by atoms with Gasteiger partial charge in [0.2, 0.25) is 0 Å². The second-order valence-electron chi connectivity index (χ2n) is 4.48. The number of hydrogen-bond acceptors (Lipinski definition) is 6. The summed E-state index contributed by atoms with van der Waals surface area (Å²) in [5.74, 6) is 1.20. The minimum Gasteiger partial charge on any atom is -0.443 e. The van der Waals surface area contributed by atoms with Gasteiger partial charge in [-0.3, -0.25) is 0 Å². The lowest BCUT2D eigenvalue weighted by Gasteiger charge is -2.04. The molecule has 0 saturated carbocycles. The van der Waals surface area contributed by atoms with E-state index in [0.29, 0.717) is 18.2 Å². The van der Waals surface area contributed by atoms with Crippen molar-refractivity contribution in [2.45, 2.75) is 13.0 Å². The highest BCUT2D eigenvalue weighted by Gasteiger charge is 2.01. The number of fused-ring (bicyclic) bond motifs is 1. The molecule has 0 aliphatic rings. The van der Waals surface area contributed by atoms with Crippen molar-refractivity contribution in [2.24, 2.45) is 0 Å². The predicted octanol–water partition coefficient (Wildman–Crippen LogP) is 1.53. The van der Waals surface area contributed by atoms with Gasteiger partial charge in [-0.05, 0) is 36.7 Å². The molecule has 20 heavy (non-hydrogen) atoms. The number of hydrogen-bond donors (Lipinski definition) is 2. The molecule has 3 aromatic rings. The van der Waals surface area contributed by atoms with Crippen molar-refractivity contribution in [3.8, 4) is 0 Å². The molecule has 0 spiro atoms. The van der Waals surface area contributed by atoms with Crippen LogP contribution in [0.4, 0.5) is 5.82 Å². The van der Waals surface area contributed by atoms with Crippen LogP contribution in [0.5, 0.6) is 0 Å². The lowest BCUT2D eigenvalue weighted by Crippen LogP contribution is -2.18. The Hall–Kier alpha value is -2.47. The molecule has 0 aliphatic carbocycles. The summed E-state index contributed by atoms with van der Waals surface area (Å²) in [4.78, 5) is 12.4. The van der Waals surface area contributed by atoms with E-state index in [9.17, 15) is 0 Å². The van der Waals surface area contributed by atoms with Gasteiger partial charge < -0.3 is 15.5 Å². The Labute approximate surface area is 116 Å². The van der Waals surface area contributed by atoms with Crippen LogP contribution in [0.15, 0.2) is 41.3 Å². The summed E-state index contributed by atoms with van der Waals surface area (Å²) in [6.07, 6.45) is 4.03. The first-order valence-corrected chi connectivity index (χ1v) is 6.41. The third-order valence-electron chi connectivity index (χ3n) is 3.00. The molecule has 102 valence electrons. The van der Waals surface area contributed by atoms with Crippen molar-refractivity contribution in [2.75, 3.05) is 12.3 Å². The summed E-state index contributed by atoms with van der Waals surface area (Å²) >= 11 is 0. The molecule has 0 saturated heterocycles. The van der Waals surface area contributed by atoms with Gasteiger partial charge in [0.05, 0.1) is 6.54 Å². The zero-order chi connectivity index (χ0) is 13.8. The van der Waals surface area contributed by atoms with E-state index >= 15 is 0 Å². The Kier molecular flexibility index (Phi) is 3.56. The molecule has 3 rings (SSSR count). The molecule has 0 aliphatic heterocycles. The van der Waals surface area contributed by atoms with Crippen LogP contribution in [0.25, 0.3) is 11.1 Å². The molecule has 6 heteroatoms. The number of nitrogen functional groups attached to an aromatic ring is 1. The van der Waals surface area contributed by atoms with Crippen molar-refractivity contribution < 1.29 is 4.42 Å². The van der Waals surface area contributed by atoms with Crippen LogP contribution in [0.3, 0.4) is 0 Å². The summed E-state index contributed by atoms with van der Waals surface area (Å²) in [5, 5.41) is 3.29.